The van der Waals surface area contributed by atoms with Gasteiger partial charge in [-0.2, -0.15) is 5.26 Å². The molecule has 1 rings (SSSR count). The van der Waals surface area contributed by atoms with Gasteiger partial charge in [0.2, 0.25) is 0 Å². The summed E-state index contributed by atoms with van der Waals surface area (Å²) in [6.45, 7) is 10.7. The van der Waals surface area contributed by atoms with Gasteiger partial charge in [0.25, 0.3) is 0 Å². The normalized spacial score (nSPS) is 12.0. The minimum atomic E-state index is -0.442. The van der Waals surface area contributed by atoms with E-state index in [1.807, 2.05) is 26.0 Å². The van der Waals surface area contributed by atoms with Gasteiger partial charge in [-0.25, -0.2) is 0 Å². The molecule has 0 fully saturated rings. The monoisotopic (exact) mass is 231 g/mol. The molecule has 1 aromatic carbocycles. The summed E-state index contributed by atoms with van der Waals surface area (Å²) in [6.07, 6.45) is 0. The molecule has 92 valence electrons. The predicted molar refractivity (Wildman–Crippen MR) is 70.0 cm³/mol. The third-order valence-electron chi connectivity index (χ3n) is 2.62. The number of benzene rings is 1. The number of ether oxygens (including phenoxy) is 1. The Balaban J connectivity index is 2.68. The van der Waals surface area contributed by atoms with Crippen molar-refractivity contribution in [2.75, 3.05) is 6.61 Å². The van der Waals surface area contributed by atoms with Crippen LogP contribution >= 0.6 is 0 Å². The van der Waals surface area contributed by atoms with Crippen LogP contribution < -0.4 is 4.74 Å². The van der Waals surface area contributed by atoms with E-state index in [0.717, 1.165) is 5.75 Å². The molecule has 0 aromatic heterocycles. The van der Waals surface area contributed by atoms with Gasteiger partial charge >= 0.3 is 0 Å². The van der Waals surface area contributed by atoms with Crippen molar-refractivity contribution in [1.82, 2.24) is 0 Å². The Labute approximate surface area is 104 Å². The first kappa shape index (κ1) is 13.6. The van der Waals surface area contributed by atoms with Gasteiger partial charge in [-0.15, -0.1) is 0 Å². The molecule has 2 nitrogen and oxygen atoms in total. The molecule has 17 heavy (non-hydrogen) atoms. The van der Waals surface area contributed by atoms with E-state index >= 15 is 0 Å². The van der Waals surface area contributed by atoms with Gasteiger partial charge in [0.05, 0.1) is 11.5 Å². The maximum atomic E-state index is 8.89. The van der Waals surface area contributed by atoms with Crippen LogP contribution in [-0.2, 0) is 5.41 Å². The van der Waals surface area contributed by atoms with Crippen LogP contribution in [0.15, 0.2) is 24.3 Å². The third kappa shape index (κ3) is 4.11. The fourth-order valence-corrected chi connectivity index (χ4v) is 1.35. The number of rotatable bonds is 3. The van der Waals surface area contributed by atoms with Gasteiger partial charge in [-0.1, -0.05) is 32.9 Å². The van der Waals surface area contributed by atoms with Crippen LogP contribution in [0.5, 0.6) is 5.75 Å². The van der Waals surface area contributed by atoms with E-state index in [0.29, 0.717) is 6.61 Å². The standard InChI is InChI=1S/C15H21NO/c1-14(2,3)12-6-8-13(9-7-12)17-11-15(4,5)10-16/h6-9H,11H2,1-5H3. The molecule has 0 saturated heterocycles. The first-order valence-electron chi connectivity index (χ1n) is 5.89. The molecule has 2 heteroatoms. The van der Waals surface area contributed by atoms with Crippen molar-refractivity contribution in [3.05, 3.63) is 29.8 Å². The lowest BCUT2D eigenvalue weighted by atomic mass is 9.87. The summed E-state index contributed by atoms with van der Waals surface area (Å²) < 4.78 is 5.61. The number of hydrogen-bond donors (Lipinski definition) is 0. The van der Waals surface area contributed by atoms with E-state index in [-0.39, 0.29) is 5.41 Å². The largest absolute Gasteiger partial charge is 0.492 e. The second-order valence-electron chi connectivity index (χ2n) is 6.06. The first-order valence-corrected chi connectivity index (χ1v) is 5.89. The molecule has 0 spiro atoms. The Hall–Kier alpha value is -1.49. The summed E-state index contributed by atoms with van der Waals surface area (Å²) in [7, 11) is 0. The highest BCUT2D eigenvalue weighted by Gasteiger charge is 2.18. The van der Waals surface area contributed by atoms with Crippen molar-refractivity contribution < 1.29 is 4.74 Å². The Morgan fingerprint density at radius 1 is 1.06 bits per heavy atom. The van der Waals surface area contributed by atoms with E-state index < -0.39 is 5.41 Å². The Morgan fingerprint density at radius 2 is 1.59 bits per heavy atom. The highest BCUT2D eigenvalue weighted by atomic mass is 16.5. The zero-order valence-corrected chi connectivity index (χ0v) is 11.4. The molecule has 0 unspecified atom stereocenters. The van der Waals surface area contributed by atoms with E-state index in [2.05, 4.69) is 39.0 Å². The summed E-state index contributed by atoms with van der Waals surface area (Å²) in [5, 5.41) is 8.89. The van der Waals surface area contributed by atoms with Gasteiger partial charge in [-0.05, 0) is 37.0 Å². The van der Waals surface area contributed by atoms with Crippen LogP contribution in [0.25, 0.3) is 0 Å². The fourth-order valence-electron chi connectivity index (χ4n) is 1.35. The summed E-state index contributed by atoms with van der Waals surface area (Å²) >= 11 is 0. The second kappa shape index (κ2) is 4.79. The Bertz CT molecular complexity index is 404. The number of hydrogen-bond acceptors (Lipinski definition) is 2. The van der Waals surface area contributed by atoms with Crippen molar-refractivity contribution in [3.8, 4) is 11.8 Å². The highest BCUT2D eigenvalue weighted by Crippen LogP contribution is 2.25. The molecule has 0 amide bonds. The lowest BCUT2D eigenvalue weighted by Gasteiger charge is -2.20. The van der Waals surface area contributed by atoms with E-state index in [9.17, 15) is 0 Å². The van der Waals surface area contributed by atoms with Crippen molar-refractivity contribution in [2.45, 2.75) is 40.0 Å². The molecule has 0 aliphatic rings. The van der Waals surface area contributed by atoms with Crippen LogP contribution in [0.3, 0.4) is 0 Å². The smallest absolute Gasteiger partial charge is 0.119 e. The van der Waals surface area contributed by atoms with Gasteiger partial charge in [0, 0.05) is 0 Å². The van der Waals surface area contributed by atoms with Crippen molar-refractivity contribution in [3.63, 3.8) is 0 Å². The molecular formula is C15H21NO. The molecule has 0 aliphatic carbocycles. The van der Waals surface area contributed by atoms with Gasteiger partial charge in [0.15, 0.2) is 0 Å². The van der Waals surface area contributed by atoms with Crippen LogP contribution in [0.2, 0.25) is 0 Å². The average Bonchev–Trinajstić information content (AvgIpc) is 2.26. The zero-order valence-electron chi connectivity index (χ0n) is 11.4. The summed E-state index contributed by atoms with van der Waals surface area (Å²) in [4.78, 5) is 0. The maximum Gasteiger partial charge on any atom is 0.119 e. The average molecular weight is 231 g/mol. The van der Waals surface area contributed by atoms with Crippen LogP contribution in [0.1, 0.15) is 40.2 Å². The first-order chi connectivity index (χ1) is 7.74. The molecule has 1 aromatic rings. The number of nitriles is 1. The molecule has 0 N–H and O–H groups in total. The molecular weight excluding hydrogens is 210 g/mol. The summed E-state index contributed by atoms with van der Waals surface area (Å²) in [5.41, 5.74) is 0.997. The molecule has 0 atom stereocenters. The van der Waals surface area contributed by atoms with E-state index in [1.54, 1.807) is 0 Å². The van der Waals surface area contributed by atoms with Crippen LogP contribution in [-0.4, -0.2) is 6.61 Å². The minimum Gasteiger partial charge on any atom is -0.492 e. The summed E-state index contributed by atoms with van der Waals surface area (Å²) in [6, 6.07) is 10.3. The van der Waals surface area contributed by atoms with Crippen LogP contribution in [0.4, 0.5) is 0 Å². The highest BCUT2D eigenvalue weighted by molar-refractivity contribution is 5.31. The lowest BCUT2D eigenvalue weighted by molar-refractivity contribution is 0.227. The second-order valence-corrected chi connectivity index (χ2v) is 6.06. The van der Waals surface area contributed by atoms with Gasteiger partial charge in [0.1, 0.15) is 12.4 Å². The molecule has 0 radical (unpaired) electrons. The molecule has 0 aliphatic heterocycles. The van der Waals surface area contributed by atoms with Crippen molar-refractivity contribution in [2.24, 2.45) is 5.41 Å². The minimum absolute atomic E-state index is 0.157. The van der Waals surface area contributed by atoms with E-state index in [4.69, 9.17) is 10.00 Å². The SMILES string of the molecule is CC(C)(C#N)COc1ccc(C(C)(C)C)cc1. The molecule has 0 bridgehead atoms. The van der Waals surface area contributed by atoms with Crippen LogP contribution in [0, 0.1) is 16.7 Å². The molecule has 0 heterocycles. The Morgan fingerprint density at radius 3 is 2.00 bits per heavy atom. The topological polar surface area (TPSA) is 33.0 Å². The van der Waals surface area contributed by atoms with Gasteiger partial charge in [-0.3, -0.25) is 0 Å². The summed E-state index contributed by atoms with van der Waals surface area (Å²) in [5.74, 6) is 0.821. The zero-order chi connectivity index (χ0) is 13.1. The fraction of sp³-hybridized carbons (Fsp3) is 0.533. The predicted octanol–water partition coefficient (Wildman–Crippen LogP) is 3.91. The number of nitrogens with zero attached hydrogens (tertiary/aromatic N) is 1. The van der Waals surface area contributed by atoms with Crippen molar-refractivity contribution in [1.29, 1.82) is 5.26 Å². The third-order valence-corrected chi connectivity index (χ3v) is 2.62. The Kier molecular flexibility index (Phi) is 3.83. The van der Waals surface area contributed by atoms with Gasteiger partial charge < -0.3 is 4.74 Å². The maximum absolute atomic E-state index is 8.89. The van der Waals surface area contributed by atoms with Crippen molar-refractivity contribution >= 4 is 0 Å². The van der Waals surface area contributed by atoms with E-state index in [1.165, 1.54) is 5.56 Å². The quantitative estimate of drug-likeness (QED) is 0.790. The molecule has 0 saturated carbocycles. The lowest BCUT2D eigenvalue weighted by Crippen LogP contribution is -2.19.